The minimum absolute atomic E-state index is 0.0811. The fourth-order valence-electron chi connectivity index (χ4n) is 3.79. The number of phenolic OH excluding ortho intramolecular Hbond substituents is 1. The molecule has 0 atom stereocenters. The molecule has 1 N–H and O–H groups in total. The molecule has 0 unspecified atom stereocenters. The molecule has 0 fully saturated rings. The largest absolute Gasteiger partial charge is 0.508 e. The van der Waals surface area contributed by atoms with Gasteiger partial charge in [0.15, 0.2) is 5.65 Å². The van der Waals surface area contributed by atoms with E-state index in [1.54, 1.807) is 18.3 Å². The summed E-state index contributed by atoms with van der Waals surface area (Å²) in [5, 5.41) is 18.5. The van der Waals surface area contributed by atoms with Crippen molar-refractivity contribution in [3.8, 4) is 28.0 Å². The van der Waals surface area contributed by atoms with Crippen LogP contribution in [0.4, 0.5) is 13.2 Å². The Hall–Kier alpha value is -4.47. The molecule has 0 saturated heterocycles. The van der Waals surface area contributed by atoms with Crippen LogP contribution in [-0.4, -0.2) is 29.5 Å². The van der Waals surface area contributed by atoms with Gasteiger partial charge in [-0.1, -0.05) is 48.0 Å². The molecule has 0 aliphatic rings. The third kappa shape index (κ3) is 4.25. The summed E-state index contributed by atoms with van der Waals surface area (Å²) in [5.74, 6) is 0.0911. The Morgan fingerprint density at radius 1 is 0.914 bits per heavy atom. The summed E-state index contributed by atoms with van der Waals surface area (Å²) in [7, 11) is 0. The molecule has 0 aliphatic heterocycles. The summed E-state index contributed by atoms with van der Waals surface area (Å²) in [4.78, 5) is 16.5. The van der Waals surface area contributed by atoms with Gasteiger partial charge in [-0.05, 0) is 41.8 Å². The second-order valence-electron chi connectivity index (χ2n) is 8.07. The third-order valence-electron chi connectivity index (χ3n) is 5.58. The Balaban J connectivity index is 1.66. The van der Waals surface area contributed by atoms with E-state index >= 15 is 0 Å². The first kappa shape index (κ1) is 22.3. The Morgan fingerprint density at radius 3 is 2.23 bits per heavy atom. The van der Waals surface area contributed by atoms with E-state index in [4.69, 9.17) is 0 Å². The summed E-state index contributed by atoms with van der Waals surface area (Å²) in [6.45, 7) is 1.89. The zero-order chi connectivity index (χ0) is 24.7. The van der Waals surface area contributed by atoms with Crippen LogP contribution in [0.2, 0.25) is 0 Å². The highest BCUT2D eigenvalue weighted by molar-refractivity contribution is 5.91. The Bertz CT molecular complexity index is 1570. The van der Waals surface area contributed by atoms with Crippen molar-refractivity contribution in [3.63, 3.8) is 0 Å². The SMILES string of the molecule is Cc1ccc(-c2cnn3c(=O)n(Cc4ccc(C(F)(F)F)nc4)nc3c2-c2ccc(O)cc2)cc1. The van der Waals surface area contributed by atoms with Crippen molar-refractivity contribution in [1.29, 1.82) is 0 Å². The molecule has 7 nitrogen and oxygen atoms in total. The number of aromatic hydroxyl groups is 1. The second-order valence-corrected chi connectivity index (χ2v) is 8.07. The van der Waals surface area contributed by atoms with Crippen molar-refractivity contribution in [1.82, 2.24) is 24.4 Å². The average molecular weight is 477 g/mol. The van der Waals surface area contributed by atoms with Crippen LogP contribution < -0.4 is 5.69 Å². The summed E-state index contributed by atoms with van der Waals surface area (Å²) in [6.07, 6.45) is -1.90. The second kappa shape index (κ2) is 8.39. The minimum Gasteiger partial charge on any atom is -0.508 e. The maximum absolute atomic E-state index is 13.0. The Morgan fingerprint density at radius 2 is 1.60 bits per heavy atom. The van der Waals surface area contributed by atoms with Crippen molar-refractivity contribution in [2.75, 3.05) is 0 Å². The van der Waals surface area contributed by atoms with E-state index in [0.717, 1.165) is 38.2 Å². The van der Waals surface area contributed by atoms with Gasteiger partial charge in [-0.3, -0.25) is 4.98 Å². The summed E-state index contributed by atoms with van der Waals surface area (Å²) < 4.78 is 40.8. The molecular formula is C25H18F3N5O2. The molecule has 2 aromatic carbocycles. The number of nitrogens with zero attached hydrogens (tertiary/aromatic N) is 5. The van der Waals surface area contributed by atoms with Gasteiger partial charge in [-0.25, -0.2) is 9.48 Å². The molecule has 0 bridgehead atoms. The van der Waals surface area contributed by atoms with E-state index in [2.05, 4.69) is 15.2 Å². The van der Waals surface area contributed by atoms with Gasteiger partial charge in [0, 0.05) is 17.3 Å². The van der Waals surface area contributed by atoms with Crippen molar-refractivity contribution in [2.45, 2.75) is 19.6 Å². The highest BCUT2D eigenvalue weighted by Gasteiger charge is 2.32. The van der Waals surface area contributed by atoms with Crippen LogP contribution in [0, 0.1) is 6.92 Å². The number of pyridine rings is 1. The number of phenols is 1. The number of benzene rings is 2. The number of aryl methyl sites for hydroxylation is 1. The van der Waals surface area contributed by atoms with E-state index in [9.17, 15) is 23.1 Å². The van der Waals surface area contributed by atoms with E-state index in [1.165, 1.54) is 18.2 Å². The molecular weight excluding hydrogens is 459 g/mol. The number of aromatic nitrogens is 5. The van der Waals surface area contributed by atoms with Crippen LogP contribution in [0.5, 0.6) is 5.75 Å². The fourth-order valence-corrected chi connectivity index (χ4v) is 3.79. The Labute approximate surface area is 196 Å². The third-order valence-corrected chi connectivity index (χ3v) is 5.58. The van der Waals surface area contributed by atoms with Gasteiger partial charge in [-0.2, -0.15) is 22.8 Å². The van der Waals surface area contributed by atoms with E-state index in [-0.39, 0.29) is 17.9 Å². The van der Waals surface area contributed by atoms with E-state index in [0.29, 0.717) is 16.7 Å². The van der Waals surface area contributed by atoms with Crippen LogP contribution in [0.1, 0.15) is 16.8 Å². The van der Waals surface area contributed by atoms with Crippen LogP contribution in [0.3, 0.4) is 0 Å². The van der Waals surface area contributed by atoms with Gasteiger partial charge < -0.3 is 5.11 Å². The first-order valence-electron chi connectivity index (χ1n) is 10.6. The van der Waals surface area contributed by atoms with Gasteiger partial charge in [0.25, 0.3) is 0 Å². The van der Waals surface area contributed by atoms with Gasteiger partial charge in [-0.15, -0.1) is 5.10 Å². The highest BCUT2D eigenvalue weighted by atomic mass is 19.4. The molecule has 3 aromatic heterocycles. The van der Waals surface area contributed by atoms with Gasteiger partial charge in [0.05, 0.1) is 12.7 Å². The molecule has 35 heavy (non-hydrogen) atoms. The number of alkyl halides is 3. The van der Waals surface area contributed by atoms with Gasteiger partial charge >= 0.3 is 11.9 Å². The number of hydrogen-bond acceptors (Lipinski definition) is 5. The lowest BCUT2D eigenvalue weighted by Gasteiger charge is -2.11. The van der Waals surface area contributed by atoms with Crippen LogP contribution in [-0.2, 0) is 12.7 Å². The van der Waals surface area contributed by atoms with Crippen molar-refractivity contribution >= 4 is 5.65 Å². The lowest BCUT2D eigenvalue weighted by atomic mass is 9.96. The Kier molecular flexibility index (Phi) is 5.35. The number of halogens is 3. The van der Waals surface area contributed by atoms with E-state index < -0.39 is 17.6 Å². The van der Waals surface area contributed by atoms with Crippen LogP contribution in [0.15, 0.2) is 77.9 Å². The predicted molar refractivity (Wildman–Crippen MR) is 123 cm³/mol. The lowest BCUT2D eigenvalue weighted by molar-refractivity contribution is -0.141. The van der Waals surface area contributed by atoms with Crippen molar-refractivity contribution in [3.05, 3.63) is 100 Å². The van der Waals surface area contributed by atoms with Crippen molar-refractivity contribution < 1.29 is 18.3 Å². The fraction of sp³-hybridized carbons (Fsp3) is 0.120. The molecule has 5 rings (SSSR count). The molecule has 5 aromatic rings. The number of fused-ring (bicyclic) bond motifs is 1. The topological polar surface area (TPSA) is 85.3 Å². The maximum Gasteiger partial charge on any atom is 0.433 e. The molecule has 3 heterocycles. The molecule has 0 amide bonds. The molecule has 0 radical (unpaired) electrons. The van der Waals surface area contributed by atoms with Crippen LogP contribution >= 0.6 is 0 Å². The summed E-state index contributed by atoms with van der Waals surface area (Å²) >= 11 is 0. The first-order valence-corrected chi connectivity index (χ1v) is 10.6. The highest BCUT2D eigenvalue weighted by Crippen LogP contribution is 2.35. The minimum atomic E-state index is -4.55. The molecule has 0 saturated carbocycles. The molecule has 0 spiro atoms. The normalized spacial score (nSPS) is 11.8. The first-order chi connectivity index (χ1) is 16.7. The average Bonchev–Trinajstić information content (AvgIpc) is 3.14. The van der Waals surface area contributed by atoms with Gasteiger partial charge in [0.1, 0.15) is 11.4 Å². The summed E-state index contributed by atoms with van der Waals surface area (Å²) in [5.41, 5.74) is 3.12. The molecule has 0 aliphatic carbocycles. The quantitative estimate of drug-likeness (QED) is 0.406. The van der Waals surface area contributed by atoms with Gasteiger partial charge in [0.2, 0.25) is 0 Å². The van der Waals surface area contributed by atoms with Crippen LogP contribution in [0.25, 0.3) is 27.9 Å². The van der Waals surface area contributed by atoms with Crippen molar-refractivity contribution in [2.24, 2.45) is 0 Å². The smallest absolute Gasteiger partial charge is 0.433 e. The van der Waals surface area contributed by atoms with E-state index in [1.807, 2.05) is 31.2 Å². The molecule has 176 valence electrons. The number of rotatable bonds is 4. The molecule has 10 heteroatoms. The summed E-state index contributed by atoms with van der Waals surface area (Å²) in [6, 6.07) is 16.4. The lowest BCUT2D eigenvalue weighted by Crippen LogP contribution is -2.23. The monoisotopic (exact) mass is 477 g/mol. The predicted octanol–water partition coefficient (Wildman–Crippen LogP) is 4.70. The zero-order valence-electron chi connectivity index (χ0n) is 18.4. The maximum atomic E-state index is 13.0. The zero-order valence-corrected chi connectivity index (χ0v) is 18.4. The standard InChI is InChI=1S/C25H18F3N5O2/c1-15-2-5-17(6-3-15)20-13-30-33-23(22(20)18-7-9-19(34)10-8-18)31-32(24(33)35)14-16-4-11-21(29-12-16)25(26,27)28/h2-13,34H,14H2,1H3. The number of hydrogen-bond donors (Lipinski definition) is 1.